The highest BCUT2D eigenvalue weighted by Crippen LogP contribution is 2.38. The van der Waals surface area contributed by atoms with E-state index in [4.69, 9.17) is 25.5 Å². The molecule has 1 aromatic heterocycles. The van der Waals surface area contributed by atoms with Crippen LogP contribution in [-0.4, -0.2) is 17.4 Å². The summed E-state index contributed by atoms with van der Waals surface area (Å²) in [5.41, 5.74) is 0.672. The first-order valence-corrected chi connectivity index (χ1v) is 9.05. The second-order valence-corrected chi connectivity index (χ2v) is 6.77. The molecule has 2 aromatic carbocycles. The van der Waals surface area contributed by atoms with Crippen molar-refractivity contribution >= 4 is 17.6 Å². The molecule has 0 fully saturated rings. The lowest BCUT2D eigenvalue weighted by Gasteiger charge is -2.17. The molecule has 1 N–H and O–H groups in total. The molecule has 3 rings (SSSR count). The Hall–Kier alpha value is -2.97. The maximum atomic E-state index is 13.4. The van der Waals surface area contributed by atoms with E-state index in [2.05, 4.69) is 0 Å². The Morgan fingerprint density at radius 2 is 1.83 bits per heavy atom. The third kappa shape index (κ3) is 5.14. The topological polar surface area (TPSA) is 68.9 Å². The minimum absolute atomic E-state index is 0.0516. The van der Waals surface area contributed by atoms with Crippen LogP contribution in [0, 0.1) is 6.92 Å². The van der Waals surface area contributed by atoms with Gasteiger partial charge in [0.15, 0.2) is 0 Å². The van der Waals surface area contributed by atoms with Crippen molar-refractivity contribution in [3.8, 4) is 17.1 Å². The smallest absolute Gasteiger partial charge is 0.449 e. The minimum Gasteiger partial charge on any atom is -0.477 e. The van der Waals surface area contributed by atoms with Gasteiger partial charge in [-0.05, 0) is 48.9 Å². The number of furan rings is 1. The number of carboxylic acids is 1. The fraction of sp³-hybridized carbons (Fsp3) is 0.190. The first-order chi connectivity index (χ1) is 14.1. The maximum absolute atomic E-state index is 13.4. The van der Waals surface area contributed by atoms with Crippen molar-refractivity contribution < 1.29 is 37.0 Å². The van der Waals surface area contributed by atoms with Gasteiger partial charge in [0.25, 0.3) is 6.29 Å². The molecule has 0 saturated carbocycles. The normalized spacial score (nSPS) is 12.6. The van der Waals surface area contributed by atoms with Gasteiger partial charge in [0.1, 0.15) is 11.5 Å². The second-order valence-electron chi connectivity index (χ2n) is 6.33. The molecule has 0 spiro atoms. The lowest BCUT2D eigenvalue weighted by Crippen LogP contribution is -2.30. The van der Waals surface area contributed by atoms with Crippen molar-refractivity contribution in [2.24, 2.45) is 0 Å². The van der Waals surface area contributed by atoms with Crippen molar-refractivity contribution in [2.45, 2.75) is 26.0 Å². The zero-order valence-electron chi connectivity index (χ0n) is 15.6. The summed E-state index contributed by atoms with van der Waals surface area (Å²) >= 11 is 5.80. The minimum atomic E-state index is -4.79. The van der Waals surface area contributed by atoms with Gasteiger partial charge in [0, 0.05) is 16.1 Å². The standard InChI is InChI=1S/C21H16ClF3O5/c1-12-4-2-3-5-16(12)30-20(19(26)27)28-11-14-10-17(29-18(14)21(23,24)25)13-6-8-15(22)9-7-13/h2-10,20H,11H2,1H3,(H,26,27). The van der Waals surface area contributed by atoms with Gasteiger partial charge in [-0.2, -0.15) is 13.2 Å². The zero-order valence-corrected chi connectivity index (χ0v) is 16.3. The highest BCUT2D eigenvalue weighted by molar-refractivity contribution is 6.30. The Bertz CT molecular complexity index is 1030. The number of hydrogen-bond donors (Lipinski definition) is 1. The van der Waals surface area contributed by atoms with E-state index in [1.165, 1.54) is 30.3 Å². The average molecular weight is 441 g/mol. The van der Waals surface area contributed by atoms with Crippen molar-refractivity contribution in [1.82, 2.24) is 0 Å². The molecule has 9 heteroatoms. The molecule has 0 radical (unpaired) electrons. The predicted molar refractivity (Wildman–Crippen MR) is 102 cm³/mol. The van der Waals surface area contributed by atoms with Gasteiger partial charge in [-0.3, -0.25) is 0 Å². The lowest BCUT2D eigenvalue weighted by molar-refractivity contribution is -0.174. The quantitative estimate of drug-likeness (QED) is 0.461. The number of aliphatic carboxylic acids is 1. The van der Waals surface area contributed by atoms with Gasteiger partial charge < -0.3 is 19.0 Å². The van der Waals surface area contributed by atoms with Crippen molar-refractivity contribution in [2.75, 3.05) is 0 Å². The molecule has 5 nitrogen and oxygen atoms in total. The maximum Gasteiger partial charge on any atom is 0.449 e. The molecular formula is C21H16ClF3O5. The zero-order chi connectivity index (χ0) is 21.9. The number of carbonyl (C=O) groups is 1. The number of benzene rings is 2. The Balaban J connectivity index is 1.84. The summed E-state index contributed by atoms with van der Waals surface area (Å²) in [6.45, 7) is 1.01. The SMILES string of the molecule is Cc1ccccc1OC(OCc1cc(-c2ccc(Cl)cc2)oc1C(F)(F)F)C(=O)O. The van der Waals surface area contributed by atoms with Crippen LogP contribution in [0.4, 0.5) is 13.2 Å². The summed E-state index contributed by atoms with van der Waals surface area (Å²) in [6.07, 6.45) is -6.60. The van der Waals surface area contributed by atoms with E-state index in [-0.39, 0.29) is 17.1 Å². The van der Waals surface area contributed by atoms with E-state index in [1.54, 1.807) is 25.1 Å². The molecule has 0 aliphatic heterocycles. The summed E-state index contributed by atoms with van der Waals surface area (Å²) in [7, 11) is 0. The fourth-order valence-corrected chi connectivity index (χ4v) is 2.78. The number of aryl methyl sites for hydroxylation is 1. The number of hydrogen-bond acceptors (Lipinski definition) is 4. The highest BCUT2D eigenvalue weighted by Gasteiger charge is 2.39. The molecule has 3 aromatic rings. The molecule has 1 unspecified atom stereocenters. The van der Waals surface area contributed by atoms with Crippen LogP contribution in [0.15, 0.2) is 59.0 Å². The first-order valence-electron chi connectivity index (χ1n) is 8.67. The molecule has 0 amide bonds. The van der Waals surface area contributed by atoms with Crippen LogP contribution < -0.4 is 4.74 Å². The van der Waals surface area contributed by atoms with Crippen LogP contribution in [0.25, 0.3) is 11.3 Å². The van der Waals surface area contributed by atoms with Gasteiger partial charge >= 0.3 is 12.1 Å². The number of para-hydroxylation sites is 1. The van der Waals surface area contributed by atoms with E-state index in [9.17, 15) is 23.1 Å². The third-order valence-corrected chi connectivity index (χ3v) is 4.37. The van der Waals surface area contributed by atoms with E-state index in [1.807, 2.05) is 0 Å². The molecule has 1 atom stereocenters. The van der Waals surface area contributed by atoms with E-state index in [0.717, 1.165) is 6.07 Å². The summed E-state index contributed by atoms with van der Waals surface area (Å²) in [6, 6.07) is 13.8. The van der Waals surface area contributed by atoms with Crippen LogP contribution >= 0.6 is 11.6 Å². The van der Waals surface area contributed by atoms with E-state index < -0.39 is 30.8 Å². The fourth-order valence-electron chi connectivity index (χ4n) is 2.66. The molecule has 158 valence electrons. The van der Waals surface area contributed by atoms with Crippen molar-refractivity contribution in [1.29, 1.82) is 0 Å². The molecule has 0 bridgehead atoms. The van der Waals surface area contributed by atoms with Gasteiger partial charge in [-0.15, -0.1) is 0 Å². The molecule has 0 aliphatic carbocycles. The van der Waals surface area contributed by atoms with Gasteiger partial charge in [0.2, 0.25) is 5.76 Å². The number of alkyl halides is 3. The third-order valence-electron chi connectivity index (χ3n) is 4.11. The Kier molecular flexibility index (Phi) is 6.38. The molecule has 1 heterocycles. The lowest BCUT2D eigenvalue weighted by atomic mass is 10.1. The second kappa shape index (κ2) is 8.81. The van der Waals surface area contributed by atoms with E-state index >= 15 is 0 Å². The molecule has 0 saturated heterocycles. The Labute approximate surface area is 174 Å². The van der Waals surface area contributed by atoms with Crippen molar-refractivity contribution in [3.63, 3.8) is 0 Å². The monoisotopic (exact) mass is 440 g/mol. The van der Waals surface area contributed by atoms with Crippen LogP contribution in [-0.2, 0) is 22.3 Å². The first kappa shape index (κ1) is 21.7. The number of rotatable bonds is 7. The molecule has 30 heavy (non-hydrogen) atoms. The summed E-state index contributed by atoms with van der Waals surface area (Å²) in [5, 5.41) is 9.75. The Morgan fingerprint density at radius 3 is 2.43 bits per heavy atom. The number of ether oxygens (including phenoxy) is 2. The Morgan fingerprint density at radius 1 is 1.17 bits per heavy atom. The van der Waals surface area contributed by atoms with Crippen LogP contribution in [0.2, 0.25) is 5.02 Å². The summed E-state index contributed by atoms with van der Waals surface area (Å²) < 4.78 is 55.7. The number of carboxylic acid groups (broad SMARTS) is 1. The summed E-state index contributed by atoms with van der Waals surface area (Å²) in [5.74, 6) is -2.56. The van der Waals surface area contributed by atoms with Gasteiger partial charge in [0.05, 0.1) is 6.61 Å². The average Bonchev–Trinajstić information content (AvgIpc) is 3.11. The van der Waals surface area contributed by atoms with Gasteiger partial charge in [-0.25, -0.2) is 4.79 Å². The largest absolute Gasteiger partial charge is 0.477 e. The highest BCUT2D eigenvalue weighted by atomic mass is 35.5. The summed E-state index contributed by atoms with van der Waals surface area (Å²) in [4.78, 5) is 11.5. The van der Waals surface area contributed by atoms with E-state index in [0.29, 0.717) is 16.1 Å². The van der Waals surface area contributed by atoms with Crippen molar-refractivity contribution in [3.05, 3.63) is 76.5 Å². The molecular weight excluding hydrogens is 425 g/mol. The van der Waals surface area contributed by atoms with Gasteiger partial charge in [-0.1, -0.05) is 29.8 Å². The predicted octanol–water partition coefficient (Wildman–Crippen LogP) is 5.93. The van der Waals surface area contributed by atoms with Crippen LogP contribution in [0.1, 0.15) is 16.9 Å². The van der Waals surface area contributed by atoms with Crippen LogP contribution in [0.5, 0.6) is 5.75 Å². The molecule has 0 aliphatic rings. The van der Waals surface area contributed by atoms with Crippen LogP contribution in [0.3, 0.4) is 0 Å². The number of halogens is 4.